The number of benzene rings is 1. The highest BCUT2D eigenvalue weighted by atomic mass is 19.1. The molecule has 2 aliphatic heterocycles. The molecule has 3 unspecified atom stereocenters. The van der Waals surface area contributed by atoms with Gasteiger partial charge in [-0.3, -0.25) is 9.78 Å². The number of carbonyl (C=O) groups is 1. The second kappa shape index (κ2) is 13.4. The number of amides is 1. The lowest BCUT2D eigenvalue weighted by Crippen LogP contribution is -2.60. The monoisotopic (exact) mass is 625 g/mol. The lowest BCUT2D eigenvalue weighted by Gasteiger charge is -2.54. The van der Waals surface area contributed by atoms with Crippen molar-refractivity contribution in [2.45, 2.75) is 51.6 Å². The summed E-state index contributed by atoms with van der Waals surface area (Å²) in [6.45, 7) is 6.07. The molecule has 0 radical (unpaired) electrons. The molecule has 7 rings (SSSR count). The van der Waals surface area contributed by atoms with E-state index in [9.17, 15) is 4.79 Å². The lowest BCUT2D eigenvalue weighted by molar-refractivity contribution is -0.121. The molecule has 242 valence electrons. The number of nitrogens with two attached hydrogens (primary N) is 1. The zero-order chi connectivity index (χ0) is 31.5. The van der Waals surface area contributed by atoms with Crippen LogP contribution in [-0.2, 0) is 11.4 Å². The summed E-state index contributed by atoms with van der Waals surface area (Å²) in [7, 11) is 0. The standard InChI is InChI=1S/C36H44FN7O2/c37-30-19-28(31-21-41-34(38)35(42-31)46-22-25-8-12-39-13-9-25)6-7-32(30)44-15-10-36(11-16-44)23-43(24-36)14-2-1-3-33(45)40-20-29-18-26-4-5-27(29)17-26/h4-9,12-13,19,21,26-27,29H,1-3,10-11,14-18,20,22-24H2,(H2,38,41)(H,40,45). The molecule has 2 aromatic heterocycles. The van der Waals surface area contributed by atoms with Crippen LogP contribution in [0.4, 0.5) is 15.9 Å². The van der Waals surface area contributed by atoms with Crippen molar-refractivity contribution in [3.63, 3.8) is 0 Å². The quantitative estimate of drug-likeness (QED) is 0.208. The number of piperidine rings is 1. The molecular weight excluding hydrogens is 581 g/mol. The van der Waals surface area contributed by atoms with Crippen molar-refractivity contribution in [3.8, 4) is 17.1 Å². The highest BCUT2D eigenvalue weighted by Gasteiger charge is 2.44. The number of likely N-dealkylation sites (tertiary alicyclic amines) is 1. The van der Waals surface area contributed by atoms with Gasteiger partial charge in [-0.2, -0.15) is 0 Å². The van der Waals surface area contributed by atoms with Gasteiger partial charge in [-0.1, -0.05) is 18.2 Å². The first-order valence-electron chi connectivity index (χ1n) is 16.8. The van der Waals surface area contributed by atoms with Crippen molar-refractivity contribution in [1.29, 1.82) is 0 Å². The molecule has 2 aliphatic carbocycles. The van der Waals surface area contributed by atoms with Crippen LogP contribution in [0.2, 0.25) is 0 Å². The number of hydrogen-bond acceptors (Lipinski definition) is 8. The number of aromatic nitrogens is 3. The molecule has 46 heavy (non-hydrogen) atoms. The summed E-state index contributed by atoms with van der Waals surface area (Å²) < 4.78 is 21.2. The summed E-state index contributed by atoms with van der Waals surface area (Å²) >= 11 is 0. The lowest BCUT2D eigenvalue weighted by atomic mass is 9.72. The molecule has 4 heterocycles. The minimum absolute atomic E-state index is 0.188. The van der Waals surface area contributed by atoms with Gasteiger partial charge in [0.15, 0.2) is 5.82 Å². The van der Waals surface area contributed by atoms with E-state index in [1.165, 1.54) is 18.9 Å². The molecule has 1 amide bonds. The number of halogens is 1. The predicted molar refractivity (Wildman–Crippen MR) is 176 cm³/mol. The number of allylic oxidation sites excluding steroid dienone is 2. The van der Waals surface area contributed by atoms with E-state index in [0.29, 0.717) is 40.6 Å². The molecule has 2 saturated heterocycles. The van der Waals surface area contributed by atoms with Crippen LogP contribution < -0.4 is 20.7 Å². The Labute approximate surface area is 270 Å². The molecule has 1 spiro atoms. The van der Waals surface area contributed by atoms with Gasteiger partial charge in [0.25, 0.3) is 5.88 Å². The number of rotatable bonds is 12. The Morgan fingerprint density at radius 1 is 1.09 bits per heavy atom. The Kier molecular flexibility index (Phi) is 8.88. The zero-order valence-electron chi connectivity index (χ0n) is 26.4. The number of fused-ring (bicyclic) bond motifs is 2. The number of carbonyl (C=O) groups excluding carboxylic acids is 1. The van der Waals surface area contributed by atoms with Crippen molar-refractivity contribution in [2.75, 3.05) is 49.9 Å². The van der Waals surface area contributed by atoms with Gasteiger partial charge in [-0.25, -0.2) is 14.4 Å². The van der Waals surface area contributed by atoms with E-state index < -0.39 is 0 Å². The van der Waals surface area contributed by atoms with Crippen molar-refractivity contribution >= 4 is 17.4 Å². The third-order valence-electron chi connectivity index (χ3n) is 10.5. The van der Waals surface area contributed by atoms with Gasteiger partial charge >= 0.3 is 0 Å². The molecule has 1 aromatic carbocycles. The number of nitrogens with zero attached hydrogens (tertiary/aromatic N) is 5. The third-order valence-corrected chi connectivity index (χ3v) is 10.5. The van der Waals surface area contributed by atoms with Gasteiger partial charge in [0, 0.05) is 57.1 Å². The second-order valence-corrected chi connectivity index (χ2v) is 13.8. The zero-order valence-corrected chi connectivity index (χ0v) is 26.4. The first kappa shape index (κ1) is 30.6. The third kappa shape index (κ3) is 6.87. The largest absolute Gasteiger partial charge is 0.470 e. The van der Waals surface area contributed by atoms with Gasteiger partial charge in [0.05, 0.1) is 17.6 Å². The fourth-order valence-corrected chi connectivity index (χ4v) is 7.86. The fraction of sp³-hybridized carbons (Fsp3) is 0.500. The summed E-state index contributed by atoms with van der Waals surface area (Å²) in [5.74, 6) is 2.43. The number of unbranched alkanes of at least 4 members (excludes halogenated alkanes) is 1. The van der Waals surface area contributed by atoms with E-state index in [2.05, 4.69) is 42.2 Å². The van der Waals surface area contributed by atoms with Crippen LogP contribution in [0.1, 0.15) is 50.5 Å². The van der Waals surface area contributed by atoms with Crippen molar-refractivity contribution in [3.05, 3.63) is 72.5 Å². The Morgan fingerprint density at radius 3 is 2.65 bits per heavy atom. The van der Waals surface area contributed by atoms with Crippen molar-refractivity contribution in [2.24, 2.45) is 23.2 Å². The van der Waals surface area contributed by atoms with Gasteiger partial charge in [0.1, 0.15) is 12.4 Å². The van der Waals surface area contributed by atoms with Crippen molar-refractivity contribution < 1.29 is 13.9 Å². The number of nitrogens with one attached hydrogen (secondary N) is 1. The first-order valence-corrected chi connectivity index (χ1v) is 16.8. The molecule has 1 saturated carbocycles. The molecule has 3 aromatic rings. The number of nitrogen functional groups attached to an aromatic ring is 1. The van der Waals surface area contributed by atoms with E-state index in [1.54, 1.807) is 18.6 Å². The SMILES string of the molecule is Nc1ncc(-c2ccc(N3CCC4(CC3)CN(CCCCC(=O)NCC3CC5C=CC3C5)C4)c(F)c2)nc1OCc1ccncc1. The van der Waals surface area contributed by atoms with Crippen LogP contribution in [0, 0.1) is 29.0 Å². The number of anilines is 2. The maximum Gasteiger partial charge on any atom is 0.258 e. The van der Waals surface area contributed by atoms with Crippen LogP contribution in [0.15, 0.2) is 61.1 Å². The average molecular weight is 626 g/mol. The molecular formula is C36H44FN7O2. The maximum absolute atomic E-state index is 15.4. The van der Waals surface area contributed by atoms with Gasteiger partial charge in [-0.15, -0.1) is 0 Å². The van der Waals surface area contributed by atoms with Gasteiger partial charge in [-0.05, 0) is 98.1 Å². The Hall–Kier alpha value is -4.05. The summed E-state index contributed by atoms with van der Waals surface area (Å²) in [6.07, 6.45) is 16.9. The van der Waals surface area contributed by atoms with E-state index in [4.69, 9.17) is 10.5 Å². The number of ether oxygens (including phenoxy) is 1. The minimum Gasteiger partial charge on any atom is -0.470 e. The smallest absolute Gasteiger partial charge is 0.258 e. The van der Waals surface area contributed by atoms with E-state index in [0.717, 1.165) is 76.4 Å². The topological polar surface area (TPSA) is 110 Å². The fourth-order valence-electron chi connectivity index (χ4n) is 7.86. The maximum atomic E-state index is 15.4. The molecule has 3 fully saturated rings. The molecule has 3 atom stereocenters. The summed E-state index contributed by atoms with van der Waals surface area (Å²) in [6, 6.07) is 8.96. The van der Waals surface area contributed by atoms with Crippen LogP contribution in [0.5, 0.6) is 5.88 Å². The molecule has 3 N–H and O–H groups in total. The highest BCUT2D eigenvalue weighted by molar-refractivity contribution is 5.75. The number of hydrogen-bond donors (Lipinski definition) is 2. The summed E-state index contributed by atoms with van der Waals surface area (Å²) in [4.78, 5) is 29.8. The Morgan fingerprint density at radius 2 is 1.91 bits per heavy atom. The second-order valence-electron chi connectivity index (χ2n) is 13.8. The van der Waals surface area contributed by atoms with E-state index in [-0.39, 0.29) is 30.0 Å². The Balaban J connectivity index is 0.832. The predicted octanol–water partition coefficient (Wildman–Crippen LogP) is 5.24. The van der Waals surface area contributed by atoms with Gasteiger partial charge in [0.2, 0.25) is 5.91 Å². The average Bonchev–Trinajstić information content (AvgIpc) is 3.69. The molecule has 10 heteroatoms. The minimum atomic E-state index is -0.266. The van der Waals surface area contributed by atoms with Crippen molar-refractivity contribution in [1.82, 2.24) is 25.2 Å². The normalized spacial score (nSPS) is 23.1. The first-order chi connectivity index (χ1) is 22.4. The van der Waals surface area contributed by atoms with E-state index >= 15 is 4.39 Å². The Bertz CT molecular complexity index is 1550. The van der Waals surface area contributed by atoms with Crippen LogP contribution in [0.25, 0.3) is 11.3 Å². The molecule has 9 nitrogen and oxygen atoms in total. The van der Waals surface area contributed by atoms with Crippen LogP contribution in [-0.4, -0.2) is 65.0 Å². The number of pyridine rings is 1. The molecule has 4 aliphatic rings. The molecule has 2 bridgehead atoms. The summed E-state index contributed by atoms with van der Waals surface area (Å²) in [5, 5.41) is 3.18. The highest BCUT2D eigenvalue weighted by Crippen LogP contribution is 2.43. The van der Waals surface area contributed by atoms with E-state index in [1.807, 2.05) is 24.3 Å². The van der Waals surface area contributed by atoms with Crippen LogP contribution in [0.3, 0.4) is 0 Å². The van der Waals surface area contributed by atoms with Gasteiger partial charge < -0.3 is 25.6 Å². The summed E-state index contributed by atoms with van der Waals surface area (Å²) in [5.41, 5.74) is 9.03. The van der Waals surface area contributed by atoms with Crippen LogP contribution >= 0.6 is 0 Å².